The van der Waals surface area contributed by atoms with Crippen molar-refractivity contribution >= 4 is 45.7 Å². The first kappa shape index (κ1) is 19.8. The summed E-state index contributed by atoms with van der Waals surface area (Å²) in [4.78, 5) is 24.2. The average Bonchev–Trinajstić information content (AvgIpc) is 3.10. The fourth-order valence-electron chi connectivity index (χ4n) is 2.35. The van der Waals surface area contributed by atoms with Gasteiger partial charge in [-0.1, -0.05) is 59.3 Å². The van der Waals surface area contributed by atoms with E-state index >= 15 is 0 Å². The average molecular weight is 416 g/mol. The minimum Gasteiger partial charge on any atom is -0.352 e. The zero-order valence-electron chi connectivity index (χ0n) is 15.0. The molecule has 7 nitrogen and oxygen atoms in total. The first-order valence-corrected chi connectivity index (χ1v) is 9.66. The van der Waals surface area contributed by atoms with Gasteiger partial charge in [0.25, 0.3) is 0 Å². The maximum absolute atomic E-state index is 12.1. The Balaban J connectivity index is 1.50. The lowest BCUT2D eigenvalue weighted by atomic mass is 10.2. The fraction of sp³-hybridized carbons (Fsp3) is 0.158. The monoisotopic (exact) mass is 415 g/mol. The van der Waals surface area contributed by atoms with Crippen LogP contribution in [0.25, 0.3) is 0 Å². The summed E-state index contributed by atoms with van der Waals surface area (Å²) in [5, 5.41) is 17.3. The Morgan fingerprint density at radius 3 is 2.64 bits per heavy atom. The predicted octanol–water partition coefficient (Wildman–Crippen LogP) is 4.00. The number of carbonyl (C=O) groups is 2. The van der Waals surface area contributed by atoms with Gasteiger partial charge in [0.1, 0.15) is 5.01 Å². The number of nitrogens with zero attached hydrogens (tertiary/aromatic N) is 2. The number of nitrogens with one attached hydrogen (secondary N) is 3. The smallest absolute Gasteiger partial charge is 0.325 e. The molecule has 2 aromatic carbocycles. The topological polar surface area (TPSA) is 96.0 Å². The second kappa shape index (κ2) is 9.29. The van der Waals surface area contributed by atoms with Crippen LogP contribution in [0.5, 0.6) is 0 Å². The lowest BCUT2D eigenvalue weighted by Crippen LogP contribution is -2.24. The number of anilines is 2. The van der Waals surface area contributed by atoms with Gasteiger partial charge in [-0.15, -0.1) is 10.2 Å². The highest BCUT2D eigenvalue weighted by atomic mass is 35.5. The van der Waals surface area contributed by atoms with Gasteiger partial charge in [-0.05, 0) is 30.2 Å². The standard InChI is InChI=1S/C19H18ClN5O2S/c1-12-7-8-14(20)9-15(12)22-18(27)23-19-25-24-17(28-19)10-16(26)21-11-13-5-3-2-4-6-13/h2-9H,10-11H2,1H3,(H,21,26)(H2,22,23,25,27). The molecule has 0 saturated carbocycles. The Hall–Kier alpha value is -2.97. The van der Waals surface area contributed by atoms with Crippen LogP contribution in [0.4, 0.5) is 15.6 Å². The molecule has 1 aromatic heterocycles. The van der Waals surface area contributed by atoms with Gasteiger partial charge in [-0.3, -0.25) is 10.1 Å². The van der Waals surface area contributed by atoms with E-state index in [2.05, 4.69) is 26.1 Å². The first-order valence-electron chi connectivity index (χ1n) is 8.47. The molecule has 3 amide bonds. The number of urea groups is 1. The molecule has 0 aliphatic rings. The Morgan fingerprint density at radius 2 is 1.86 bits per heavy atom. The molecule has 0 aliphatic carbocycles. The fourth-order valence-corrected chi connectivity index (χ4v) is 3.26. The molecule has 0 unspecified atom stereocenters. The van der Waals surface area contributed by atoms with Crippen LogP contribution in [0.3, 0.4) is 0 Å². The highest BCUT2D eigenvalue weighted by Crippen LogP contribution is 2.21. The molecule has 28 heavy (non-hydrogen) atoms. The minimum absolute atomic E-state index is 0.0984. The van der Waals surface area contributed by atoms with Crippen LogP contribution in [0.2, 0.25) is 5.02 Å². The molecule has 0 atom stereocenters. The quantitative estimate of drug-likeness (QED) is 0.566. The number of rotatable bonds is 6. The number of hydrogen-bond donors (Lipinski definition) is 3. The van der Waals surface area contributed by atoms with Gasteiger partial charge < -0.3 is 10.6 Å². The van der Waals surface area contributed by atoms with E-state index in [4.69, 9.17) is 11.6 Å². The third-order valence-electron chi connectivity index (χ3n) is 3.78. The molecular weight excluding hydrogens is 398 g/mol. The number of halogens is 1. The van der Waals surface area contributed by atoms with E-state index in [0.29, 0.717) is 27.4 Å². The van der Waals surface area contributed by atoms with Crippen LogP contribution in [-0.2, 0) is 17.8 Å². The van der Waals surface area contributed by atoms with Crippen molar-refractivity contribution in [3.05, 3.63) is 69.7 Å². The summed E-state index contributed by atoms with van der Waals surface area (Å²) >= 11 is 7.10. The molecule has 3 N–H and O–H groups in total. The summed E-state index contributed by atoms with van der Waals surface area (Å²) in [7, 11) is 0. The molecule has 1 heterocycles. The van der Waals surface area contributed by atoms with E-state index in [9.17, 15) is 9.59 Å². The maximum atomic E-state index is 12.1. The van der Waals surface area contributed by atoms with Gasteiger partial charge in [0.2, 0.25) is 11.0 Å². The van der Waals surface area contributed by atoms with Crippen LogP contribution in [0.15, 0.2) is 48.5 Å². The van der Waals surface area contributed by atoms with E-state index in [1.165, 1.54) is 0 Å². The van der Waals surface area contributed by atoms with E-state index in [-0.39, 0.29) is 12.3 Å². The van der Waals surface area contributed by atoms with Crippen molar-refractivity contribution in [2.75, 3.05) is 10.6 Å². The van der Waals surface area contributed by atoms with Gasteiger partial charge in [-0.2, -0.15) is 0 Å². The van der Waals surface area contributed by atoms with Crippen LogP contribution in [0, 0.1) is 6.92 Å². The Labute approximate surface area is 171 Å². The number of aryl methyl sites for hydroxylation is 1. The second-order valence-electron chi connectivity index (χ2n) is 5.98. The van der Waals surface area contributed by atoms with Gasteiger partial charge in [0, 0.05) is 17.3 Å². The largest absolute Gasteiger partial charge is 0.352 e. The van der Waals surface area contributed by atoms with Crippen molar-refractivity contribution in [3.63, 3.8) is 0 Å². The van der Waals surface area contributed by atoms with Crippen molar-refractivity contribution in [1.82, 2.24) is 15.5 Å². The van der Waals surface area contributed by atoms with Gasteiger partial charge in [0.05, 0.1) is 6.42 Å². The van der Waals surface area contributed by atoms with E-state index < -0.39 is 6.03 Å². The van der Waals surface area contributed by atoms with Crippen LogP contribution in [0.1, 0.15) is 16.1 Å². The van der Waals surface area contributed by atoms with Crippen molar-refractivity contribution in [1.29, 1.82) is 0 Å². The number of amides is 3. The van der Waals surface area contributed by atoms with Crippen LogP contribution < -0.4 is 16.0 Å². The molecule has 9 heteroatoms. The maximum Gasteiger partial charge on any atom is 0.325 e. The molecule has 0 aliphatic heterocycles. The highest BCUT2D eigenvalue weighted by Gasteiger charge is 2.12. The summed E-state index contributed by atoms with van der Waals surface area (Å²) in [5.74, 6) is -0.162. The summed E-state index contributed by atoms with van der Waals surface area (Å²) < 4.78 is 0. The Bertz CT molecular complexity index is 977. The molecule has 0 fully saturated rings. The third-order valence-corrected chi connectivity index (χ3v) is 4.85. The summed E-state index contributed by atoms with van der Waals surface area (Å²) in [6, 6.07) is 14.4. The molecule has 0 saturated heterocycles. The number of benzene rings is 2. The number of carbonyl (C=O) groups excluding carboxylic acids is 2. The molecule has 3 aromatic rings. The van der Waals surface area contributed by atoms with Crippen molar-refractivity contribution < 1.29 is 9.59 Å². The lowest BCUT2D eigenvalue weighted by molar-refractivity contribution is -0.120. The van der Waals surface area contributed by atoms with Gasteiger partial charge in [0.15, 0.2) is 0 Å². The summed E-state index contributed by atoms with van der Waals surface area (Å²) in [6.45, 7) is 2.31. The van der Waals surface area contributed by atoms with E-state index in [1.54, 1.807) is 12.1 Å². The zero-order valence-corrected chi connectivity index (χ0v) is 16.6. The van der Waals surface area contributed by atoms with Crippen molar-refractivity contribution in [2.24, 2.45) is 0 Å². The third kappa shape index (κ3) is 5.77. The number of hydrogen-bond acceptors (Lipinski definition) is 5. The first-order chi connectivity index (χ1) is 13.5. The van der Waals surface area contributed by atoms with E-state index in [1.807, 2.05) is 43.3 Å². The van der Waals surface area contributed by atoms with E-state index in [0.717, 1.165) is 22.5 Å². The number of aromatic nitrogens is 2. The highest BCUT2D eigenvalue weighted by molar-refractivity contribution is 7.15. The van der Waals surface area contributed by atoms with Gasteiger partial charge >= 0.3 is 6.03 Å². The normalized spacial score (nSPS) is 10.4. The molecule has 3 rings (SSSR count). The molecule has 0 bridgehead atoms. The van der Waals surface area contributed by atoms with Crippen LogP contribution >= 0.6 is 22.9 Å². The van der Waals surface area contributed by atoms with Crippen LogP contribution in [-0.4, -0.2) is 22.1 Å². The lowest BCUT2D eigenvalue weighted by Gasteiger charge is -2.08. The SMILES string of the molecule is Cc1ccc(Cl)cc1NC(=O)Nc1nnc(CC(=O)NCc2ccccc2)s1. The Morgan fingerprint density at radius 1 is 1.07 bits per heavy atom. The molecular formula is C19H18ClN5O2S. The van der Waals surface area contributed by atoms with Gasteiger partial charge in [-0.25, -0.2) is 4.79 Å². The molecule has 144 valence electrons. The summed E-state index contributed by atoms with van der Waals surface area (Å²) in [6.07, 6.45) is 0.0984. The predicted molar refractivity (Wildman–Crippen MR) is 111 cm³/mol. The second-order valence-corrected chi connectivity index (χ2v) is 7.48. The zero-order chi connectivity index (χ0) is 19.9. The Kier molecular flexibility index (Phi) is 6.57. The minimum atomic E-state index is -0.457. The van der Waals surface area contributed by atoms with Crippen molar-refractivity contribution in [2.45, 2.75) is 19.9 Å². The summed E-state index contributed by atoms with van der Waals surface area (Å²) in [5.41, 5.74) is 2.51. The molecule has 0 radical (unpaired) electrons. The van der Waals surface area contributed by atoms with Crippen molar-refractivity contribution in [3.8, 4) is 0 Å². The molecule has 0 spiro atoms.